The van der Waals surface area contributed by atoms with Crippen LogP contribution >= 0.6 is 0 Å². The number of halogens is 3. The summed E-state index contributed by atoms with van der Waals surface area (Å²) in [4.78, 5) is 20.0. The van der Waals surface area contributed by atoms with E-state index in [2.05, 4.69) is 39.0 Å². The molecule has 28 heavy (non-hydrogen) atoms. The van der Waals surface area contributed by atoms with Gasteiger partial charge < -0.3 is 20.3 Å². The molecule has 0 spiro atoms. The number of para-hydroxylation sites is 1. The van der Waals surface area contributed by atoms with Gasteiger partial charge in [-0.05, 0) is 41.7 Å². The van der Waals surface area contributed by atoms with Gasteiger partial charge in [0.05, 0.1) is 6.54 Å². The van der Waals surface area contributed by atoms with Crippen molar-refractivity contribution in [3.05, 3.63) is 29.3 Å². The number of carbonyl (C=O) groups is 2. The second kappa shape index (κ2) is 10.3. The molecule has 6 nitrogen and oxygen atoms in total. The minimum atomic E-state index is -5.08. The Morgan fingerprint density at radius 2 is 1.75 bits per heavy atom. The van der Waals surface area contributed by atoms with Crippen LogP contribution in [0.5, 0.6) is 5.75 Å². The topological polar surface area (TPSA) is 98.9 Å². The van der Waals surface area contributed by atoms with Crippen LogP contribution < -0.4 is 10.5 Å². The highest BCUT2D eigenvalue weighted by Crippen LogP contribution is 2.46. The fourth-order valence-electron chi connectivity index (χ4n) is 2.62. The van der Waals surface area contributed by atoms with E-state index in [-0.39, 0.29) is 13.3 Å². The third-order valence-corrected chi connectivity index (χ3v) is 4.35. The lowest BCUT2D eigenvalue weighted by molar-refractivity contribution is -0.192. The standard InChI is InChI=1S/C17H25NO3.C2HF3O2/c1-11(2)14-5-4-6-15(12(3)13-7-8-13)17(14)21-10-20-16(19)9-18;3-2(4,5)1(6)7/h4-6,11-13H,7-10,18H2,1-3H3;(H,6,7)/t12-;/m1./s1. The summed E-state index contributed by atoms with van der Waals surface area (Å²) in [6, 6.07) is 6.28. The van der Waals surface area contributed by atoms with Crippen LogP contribution in [-0.2, 0) is 14.3 Å². The van der Waals surface area contributed by atoms with Crippen molar-refractivity contribution in [3.8, 4) is 5.75 Å². The van der Waals surface area contributed by atoms with Crippen molar-refractivity contribution in [3.63, 3.8) is 0 Å². The Balaban J connectivity index is 0.000000480. The van der Waals surface area contributed by atoms with Gasteiger partial charge in [0.2, 0.25) is 6.79 Å². The van der Waals surface area contributed by atoms with E-state index < -0.39 is 18.1 Å². The van der Waals surface area contributed by atoms with Crippen molar-refractivity contribution in [2.45, 2.75) is 51.6 Å². The summed E-state index contributed by atoms with van der Waals surface area (Å²) in [7, 11) is 0. The maximum absolute atomic E-state index is 11.1. The number of carbonyl (C=O) groups excluding carboxylic acids is 1. The molecule has 1 aromatic rings. The summed E-state index contributed by atoms with van der Waals surface area (Å²) >= 11 is 0. The van der Waals surface area contributed by atoms with Crippen LogP contribution in [-0.4, -0.2) is 36.6 Å². The van der Waals surface area contributed by atoms with Gasteiger partial charge in [0.1, 0.15) is 5.75 Å². The molecule has 3 N–H and O–H groups in total. The molecule has 1 aliphatic rings. The van der Waals surface area contributed by atoms with Crippen LogP contribution in [0.4, 0.5) is 13.2 Å². The van der Waals surface area contributed by atoms with Gasteiger partial charge in [0.25, 0.3) is 0 Å². The molecule has 2 rings (SSSR count). The zero-order valence-corrected chi connectivity index (χ0v) is 16.1. The summed E-state index contributed by atoms with van der Waals surface area (Å²) in [6.07, 6.45) is -2.51. The van der Waals surface area contributed by atoms with E-state index in [1.54, 1.807) is 0 Å². The second-order valence-electron chi connectivity index (χ2n) is 6.83. The molecule has 158 valence electrons. The number of rotatable bonds is 7. The van der Waals surface area contributed by atoms with Gasteiger partial charge in [-0.3, -0.25) is 4.79 Å². The Hall–Kier alpha value is -2.29. The van der Waals surface area contributed by atoms with Crippen molar-refractivity contribution in [2.75, 3.05) is 13.3 Å². The van der Waals surface area contributed by atoms with Gasteiger partial charge in [-0.15, -0.1) is 0 Å². The van der Waals surface area contributed by atoms with E-state index in [0.29, 0.717) is 11.8 Å². The van der Waals surface area contributed by atoms with Gasteiger partial charge >= 0.3 is 18.1 Å². The number of esters is 1. The van der Waals surface area contributed by atoms with Crippen LogP contribution in [0.2, 0.25) is 0 Å². The number of carboxylic acid groups (broad SMARTS) is 1. The molecule has 1 atom stereocenters. The molecule has 9 heteroatoms. The first-order valence-electron chi connectivity index (χ1n) is 8.90. The lowest BCUT2D eigenvalue weighted by atomic mass is 9.90. The predicted molar refractivity (Wildman–Crippen MR) is 96.0 cm³/mol. The fourth-order valence-corrected chi connectivity index (χ4v) is 2.62. The first-order chi connectivity index (χ1) is 13.0. The number of aliphatic carboxylic acids is 1. The van der Waals surface area contributed by atoms with Crippen LogP contribution in [0, 0.1) is 5.92 Å². The highest BCUT2D eigenvalue weighted by molar-refractivity contribution is 5.73. The molecule has 1 fully saturated rings. The number of nitrogens with two attached hydrogens (primary N) is 1. The zero-order valence-electron chi connectivity index (χ0n) is 16.1. The molecule has 0 heterocycles. The second-order valence-corrected chi connectivity index (χ2v) is 6.83. The zero-order chi connectivity index (χ0) is 21.5. The maximum Gasteiger partial charge on any atom is 0.490 e. The van der Waals surface area contributed by atoms with Crippen molar-refractivity contribution < 1.29 is 37.3 Å². The normalized spacial score (nSPS) is 14.7. The fraction of sp³-hybridized carbons (Fsp3) is 0.579. The number of ether oxygens (including phenoxy) is 2. The lowest BCUT2D eigenvalue weighted by Crippen LogP contribution is -2.21. The Labute approximate surface area is 161 Å². The van der Waals surface area contributed by atoms with Crippen LogP contribution in [0.15, 0.2) is 18.2 Å². The third-order valence-electron chi connectivity index (χ3n) is 4.35. The Morgan fingerprint density at radius 1 is 1.21 bits per heavy atom. The first kappa shape index (κ1) is 23.7. The van der Waals surface area contributed by atoms with Crippen molar-refractivity contribution in [1.82, 2.24) is 0 Å². The Kier molecular flexibility index (Phi) is 8.74. The van der Waals surface area contributed by atoms with Crippen LogP contribution in [0.3, 0.4) is 0 Å². The van der Waals surface area contributed by atoms with E-state index in [1.165, 1.54) is 18.4 Å². The molecule has 0 saturated heterocycles. The molecular weight excluding hydrogens is 379 g/mol. The van der Waals surface area contributed by atoms with Crippen molar-refractivity contribution >= 4 is 11.9 Å². The van der Waals surface area contributed by atoms with Gasteiger partial charge in [0.15, 0.2) is 0 Å². The molecule has 1 aliphatic carbocycles. The number of carboxylic acids is 1. The first-order valence-corrected chi connectivity index (χ1v) is 8.90. The number of hydrogen-bond acceptors (Lipinski definition) is 5. The van der Waals surface area contributed by atoms with Crippen molar-refractivity contribution in [1.29, 1.82) is 0 Å². The minimum Gasteiger partial charge on any atom is -0.475 e. The lowest BCUT2D eigenvalue weighted by Gasteiger charge is -2.21. The van der Waals surface area contributed by atoms with Crippen LogP contribution in [0.25, 0.3) is 0 Å². The summed E-state index contributed by atoms with van der Waals surface area (Å²) in [5.74, 6) is -0.750. The van der Waals surface area contributed by atoms with E-state index in [9.17, 15) is 18.0 Å². The maximum atomic E-state index is 11.1. The number of hydrogen-bond donors (Lipinski definition) is 2. The monoisotopic (exact) mass is 405 g/mol. The van der Waals surface area contributed by atoms with E-state index >= 15 is 0 Å². The Morgan fingerprint density at radius 3 is 2.18 bits per heavy atom. The smallest absolute Gasteiger partial charge is 0.475 e. The average Bonchev–Trinajstić information content (AvgIpc) is 3.45. The summed E-state index contributed by atoms with van der Waals surface area (Å²) in [5, 5.41) is 7.12. The Bertz CT molecular complexity index is 672. The molecular formula is C19H26F3NO5. The minimum absolute atomic E-state index is 0.0792. The van der Waals surface area contributed by atoms with Gasteiger partial charge in [0, 0.05) is 0 Å². The predicted octanol–water partition coefficient (Wildman–Crippen LogP) is 3.80. The highest BCUT2D eigenvalue weighted by atomic mass is 19.4. The molecule has 0 radical (unpaired) electrons. The molecule has 1 saturated carbocycles. The third kappa shape index (κ3) is 7.38. The summed E-state index contributed by atoms with van der Waals surface area (Å²) in [6.45, 7) is 6.32. The molecule has 0 aliphatic heterocycles. The van der Waals surface area contributed by atoms with Crippen LogP contribution in [0.1, 0.15) is 56.6 Å². The molecule has 1 aromatic carbocycles. The number of benzene rings is 1. The van der Waals surface area contributed by atoms with Gasteiger partial charge in [-0.25, -0.2) is 4.79 Å². The number of alkyl halides is 3. The van der Waals surface area contributed by atoms with E-state index in [1.807, 2.05) is 0 Å². The quantitative estimate of drug-likeness (QED) is 0.529. The SMILES string of the molecule is CC(C)c1cccc([C@H](C)C2CC2)c1OCOC(=O)CN.O=C(O)C(F)(F)F. The molecule has 0 amide bonds. The average molecular weight is 405 g/mol. The molecule has 0 bridgehead atoms. The van der Waals surface area contributed by atoms with Crippen molar-refractivity contribution in [2.24, 2.45) is 11.7 Å². The molecule has 0 aromatic heterocycles. The van der Waals surface area contributed by atoms with E-state index in [4.69, 9.17) is 25.1 Å². The highest BCUT2D eigenvalue weighted by Gasteiger charge is 2.38. The largest absolute Gasteiger partial charge is 0.490 e. The summed E-state index contributed by atoms with van der Waals surface area (Å²) in [5.41, 5.74) is 7.60. The summed E-state index contributed by atoms with van der Waals surface area (Å²) < 4.78 is 42.5. The van der Waals surface area contributed by atoms with Gasteiger partial charge in [-0.1, -0.05) is 39.0 Å². The van der Waals surface area contributed by atoms with Gasteiger partial charge in [-0.2, -0.15) is 13.2 Å². The van der Waals surface area contributed by atoms with E-state index in [0.717, 1.165) is 17.2 Å². The molecule has 0 unspecified atom stereocenters.